The lowest BCUT2D eigenvalue weighted by molar-refractivity contribution is 0.503. The average molecular weight is 247 g/mol. The summed E-state index contributed by atoms with van der Waals surface area (Å²) >= 11 is 6.12. The molecule has 86 valence electrons. The molecule has 0 aliphatic carbocycles. The van der Waals surface area contributed by atoms with Crippen molar-refractivity contribution in [2.24, 2.45) is 0 Å². The second-order valence-corrected chi connectivity index (χ2v) is 4.66. The molecule has 0 unspecified atom stereocenters. The first kappa shape index (κ1) is 10.5. The number of hydrogen-bond donors (Lipinski definition) is 0. The van der Waals surface area contributed by atoms with Crippen molar-refractivity contribution in [2.45, 2.75) is 19.8 Å². The third kappa shape index (κ3) is 1.58. The molecule has 0 bridgehead atoms. The summed E-state index contributed by atoms with van der Waals surface area (Å²) in [7, 11) is 0. The molecule has 0 aliphatic rings. The molecule has 2 aromatic heterocycles. The summed E-state index contributed by atoms with van der Waals surface area (Å²) in [6, 6.07) is 7.76. The molecule has 3 rings (SSSR count). The average Bonchev–Trinajstić information content (AvgIpc) is 2.75. The van der Waals surface area contributed by atoms with E-state index in [0.29, 0.717) is 16.6 Å². The third-order valence-corrected chi connectivity index (χ3v) is 2.96. The number of para-hydroxylation sites is 1. The molecule has 0 amide bonds. The first-order valence-electron chi connectivity index (χ1n) is 5.51. The molecule has 17 heavy (non-hydrogen) atoms. The van der Waals surface area contributed by atoms with E-state index < -0.39 is 0 Å². The molecule has 0 atom stereocenters. The summed E-state index contributed by atoms with van der Waals surface area (Å²) in [5.41, 5.74) is 2.20. The zero-order chi connectivity index (χ0) is 12.0. The molecule has 0 saturated carbocycles. The summed E-state index contributed by atoms with van der Waals surface area (Å²) in [6.45, 7) is 4.07. The minimum atomic E-state index is 0.234. The van der Waals surface area contributed by atoms with Crippen molar-refractivity contribution in [3.8, 4) is 0 Å². The van der Waals surface area contributed by atoms with Crippen molar-refractivity contribution >= 4 is 33.6 Å². The number of pyridine rings is 1. The standard InChI is InChI=1S/C13H11ClN2O/c1-7(2)13-16-10-11(17-13)8-5-3-4-6-9(8)15-12(10)14/h3-7H,1-2H3. The van der Waals surface area contributed by atoms with Crippen molar-refractivity contribution in [2.75, 3.05) is 0 Å². The second-order valence-electron chi connectivity index (χ2n) is 4.30. The summed E-state index contributed by atoms with van der Waals surface area (Å²) in [5.74, 6) is 0.928. The Morgan fingerprint density at radius 3 is 2.71 bits per heavy atom. The van der Waals surface area contributed by atoms with Crippen LogP contribution >= 0.6 is 11.6 Å². The van der Waals surface area contributed by atoms with E-state index in [1.54, 1.807) is 0 Å². The molecule has 2 heterocycles. The Kier molecular flexibility index (Phi) is 2.30. The highest BCUT2D eigenvalue weighted by Gasteiger charge is 2.15. The lowest BCUT2D eigenvalue weighted by atomic mass is 10.2. The van der Waals surface area contributed by atoms with Gasteiger partial charge in [-0.3, -0.25) is 0 Å². The molecule has 3 nitrogen and oxygen atoms in total. The Morgan fingerprint density at radius 1 is 1.18 bits per heavy atom. The summed E-state index contributed by atoms with van der Waals surface area (Å²) in [6.07, 6.45) is 0. The van der Waals surface area contributed by atoms with Crippen molar-refractivity contribution in [3.05, 3.63) is 35.3 Å². The Balaban J connectivity index is 2.47. The lowest BCUT2D eigenvalue weighted by Crippen LogP contribution is -1.85. The largest absolute Gasteiger partial charge is 0.440 e. The molecule has 3 aromatic rings. The maximum Gasteiger partial charge on any atom is 0.198 e. The summed E-state index contributed by atoms with van der Waals surface area (Å²) < 4.78 is 5.79. The van der Waals surface area contributed by atoms with Crippen molar-refractivity contribution in [3.63, 3.8) is 0 Å². The number of hydrogen-bond acceptors (Lipinski definition) is 3. The molecule has 0 fully saturated rings. The lowest BCUT2D eigenvalue weighted by Gasteiger charge is -1.97. The van der Waals surface area contributed by atoms with Gasteiger partial charge >= 0.3 is 0 Å². The van der Waals surface area contributed by atoms with Gasteiger partial charge < -0.3 is 4.42 Å². The van der Waals surface area contributed by atoms with Crippen LogP contribution in [0.4, 0.5) is 0 Å². The first-order chi connectivity index (χ1) is 8.16. The van der Waals surface area contributed by atoms with Gasteiger partial charge in [-0.05, 0) is 12.1 Å². The number of rotatable bonds is 1. The van der Waals surface area contributed by atoms with Gasteiger partial charge in [-0.25, -0.2) is 9.97 Å². The van der Waals surface area contributed by atoms with E-state index >= 15 is 0 Å². The van der Waals surface area contributed by atoms with Crippen molar-refractivity contribution < 1.29 is 4.42 Å². The molecule has 0 radical (unpaired) electrons. The number of halogens is 1. The molecule has 0 spiro atoms. The maximum absolute atomic E-state index is 6.12. The predicted octanol–water partition coefficient (Wildman–Crippen LogP) is 4.15. The zero-order valence-electron chi connectivity index (χ0n) is 9.57. The minimum absolute atomic E-state index is 0.234. The summed E-state index contributed by atoms with van der Waals surface area (Å²) in [4.78, 5) is 8.72. The van der Waals surface area contributed by atoms with Crippen LogP contribution in [-0.4, -0.2) is 9.97 Å². The van der Waals surface area contributed by atoms with Crippen LogP contribution < -0.4 is 0 Å². The van der Waals surface area contributed by atoms with Gasteiger partial charge in [0, 0.05) is 11.3 Å². The van der Waals surface area contributed by atoms with E-state index in [2.05, 4.69) is 9.97 Å². The number of nitrogens with zero attached hydrogens (tertiary/aromatic N) is 2. The normalized spacial score (nSPS) is 11.8. The van der Waals surface area contributed by atoms with Crippen LogP contribution in [0.15, 0.2) is 28.7 Å². The zero-order valence-corrected chi connectivity index (χ0v) is 10.3. The van der Waals surface area contributed by atoms with Crippen LogP contribution in [0.5, 0.6) is 0 Å². The van der Waals surface area contributed by atoms with Crippen LogP contribution in [0.1, 0.15) is 25.7 Å². The number of oxazole rings is 1. The quantitative estimate of drug-likeness (QED) is 0.606. The van der Waals surface area contributed by atoms with Gasteiger partial charge in [0.15, 0.2) is 16.6 Å². The summed E-state index contributed by atoms with van der Waals surface area (Å²) in [5, 5.41) is 1.35. The van der Waals surface area contributed by atoms with Crippen LogP contribution in [0.25, 0.3) is 22.0 Å². The van der Waals surface area contributed by atoms with E-state index in [1.807, 2.05) is 38.1 Å². The predicted molar refractivity (Wildman–Crippen MR) is 68.4 cm³/mol. The highest BCUT2D eigenvalue weighted by atomic mass is 35.5. The number of benzene rings is 1. The van der Waals surface area contributed by atoms with Gasteiger partial charge in [0.25, 0.3) is 0 Å². The highest BCUT2D eigenvalue weighted by Crippen LogP contribution is 2.31. The van der Waals surface area contributed by atoms with Crippen LogP contribution in [-0.2, 0) is 0 Å². The van der Waals surface area contributed by atoms with Gasteiger partial charge in [0.2, 0.25) is 0 Å². The SMILES string of the molecule is CC(C)c1nc2c(Cl)nc3ccccc3c2o1. The van der Waals surface area contributed by atoms with Gasteiger partial charge in [-0.2, -0.15) is 0 Å². The molecule has 0 saturated heterocycles. The highest BCUT2D eigenvalue weighted by molar-refractivity contribution is 6.34. The van der Waals surface area contributed by atoms with Gasteiger partial charge in [-0.1, -0.05) is 37.6 Å². The number of fused-ring (bicyclic) bond motifs is 3. The Morgan fingerprint density at radius 2 is 1.94 bits per heavy atom. The van der Waals surface area contributed by atoms with Crippen LogP contribution in [0.3, 0.4) is 0 Å². The second kappa shape index (κ2) is 3.70. The van der Waals surface area contributed by atoms with E-state index in [4.69, 9.17) is 16.0 Å². The van der Waals surface area contributed by atoms with Crippen molar-refractivity contribution in [1.82, 2.24) is 9.97 Å². The molecular weight excluding hydrogens is 236 g/mol. The Labute approximate surface area is 103 Å². The smallest absolute Gasteiger partial charge is 0.198 e. The third-order valence-electron chi connectivity index (χ3n) is 2.70. The van der Waals surface area contributed by atoms with E-state index in [-0.39, 0.29) is 5.92 Å². The maximum atomic E-state index is 6.12. The molecular formula is C13H11ClN2O. The Bertz CT molecular complexity index is 703. The molecule has 1 aromatic carbocycles. The fourth-order valence-corrected chi connectivity index (χ4v) is 2.05. The molecule has 4 heteroatoms. The van der Waals surface area contributed by atoms with Gasteiger partial charge in [-0.15, -0.1) is 0 Å². The van der Waals surface area contributed by atoms with E-state index in [1.165, 1.54) is 0 Å². The fourth-order valence-electron chi connectivity index (χ4n) is 1.83. The topological polar surface area (TPSA) is 38.9 Å². The molecule has 0 N–H and O–H groups in total. The van der Waals surface area contributed by atoms with Crippen LogP contribution in [0, 0.1) is 0 Å². The van der Waals surface area contributed by atoms with Gasteiger partial charge in [0.1, 0.15) is 5.52 Å². The van der Waals surface area contributed by atoms with Crippen molar-refractivity contribution in [1.29, 1.82) is 0 Å². The minimum Gasteiger partial charge on any atom is -0.440 e. The van der Waals surface area contributed by atoms with E-state index in [0.717, 1.165) is 16.5 Å². The van der Waals surface area contributed by atoms with E-state index in [9.17, 15) is 0 Å². The first-order valence-corrected chi connectivity index (χ1v) is 5.89. The molecule has 0 aliphatic heterocycles. The Hall–Kier alpha value is -1.61. The number of aromatic nitrogens is 2. The fraction of sp³-hybridized carbons (Fsp3) is 0.231. The monoisotopic (exact) mass is 246 g/mol. The van der Waals surface area contributed by atoms with Crippen LogP contribution in [0.2, 0.25) is 5.15 Å². The van der Waals surface area contributed by atoms with Gasteiger partial charge in [0.05, 0.1) is 5.52 Å².